The molecule has 6 heteroatoms. The molecule has 0 unspecified atom stereocenters. The van der Waals surface area contributed by atoms with E-state index in [1.165, 1.54) is 4.90 Å². The summed E-state index contributed by atoms with van der Waals surface area (Å²) in [6, 6.07) is 10.6. The van der Waals surface area contributed by atoms with Crippen molar-refractivity contribution in [2.75, 3.05) is 19.7 Å². The van der Waals surface area contributed by atoms with Crippen LogP contribution in [0, 0.1) is 28.6 Å². The predicted octanol–water partition coefficient (Wildman–Crippen LogP) is 1.92. The minimum absolute atomic E-state index is 0.204. The normalized spacial score (nSPS) is 11.0. The standard InChI is InChI=1S/C17H19N3O3/c1-3-20(11-13(2)10-19)16(21)12-23-17(22)15-6-4-5-14(9-15)7-8-18/h4-6,9,13H,3,7,11-12H2,1-2H3/t13-/m1/s1. The molecule has 0 saturated carbocycles. The van der Waals surface area contributed by atoms with E-state index < -0.39 is 5.97 Å². The van der Waals surface area contributed by atoms with Gasteiger partial charge in [0.2, 0.25) is 0 Å². The molecule has 0 aliphatic carbocycles. The number of amides is 1. The molecule has 0 aliphatic heterocycles. The molecule has 0 spiro atoms. The maximum Gasteiger partial charge on any atom is 0.338 e. The van der Waals surface area contributed by atoms with Gasteiger partial charge in [0.15, 0.2) is 6.61 Å². The molecule has 0 heterocycles. The van der Waals surface area contributed by atoms with E-state index in [4.69, 9.17) is 15.3 Å². The number of likely N-dealkylation sites (N-methyl/N-ethyl adjacent to an activating group) is 1. The molecular formula is C17H19N3O3. The van der Waals surface area contributed by atoms with Gasteiger partial charge in [-0.3, -0.25) is 4.79 Å². The Bertz CT molecular complexity index is 643. The first kappa shape index (κ1) is 18.2. The maximum absolute atomic E-state index is 12.0. The minimum Gasteiger partial charge on any atom is -0.452 e. The highest BCUT2D eigenvalue weighted by Gasteiger charge is 2.17. The second-order valence-corrected chi connectivity index (χ2v) is 5.07. The van der Waals surface area contributed by atoms with Gasteiger partial charge in [-0.25, -0.2) is 4.79 Å². The molecule has 0 fully saturated rings. The quantitative estimate of drug-likeness (QED) is 0.717. The zero-order chi connectivity index (χ0) is 17.2. The van der Waals surface area contributed by atoms with Gasteiger partial charge in [0, 0.05) is 13.1 Å². The summed E-state index contributed by atoms with van der Waals surface area (Å²) in [5, 5.41) is 17.5. The minimum atomic E-state index is -0.609. The number of rotatable bonds is 7. The second kappa shape index (κ2) is 9.22. The molecule has 1 aromatic carbocycles. The van der Waals surface area contributed by atoms with Gasteiger partial charge in [0.25, 0.3) is 5.91 Å². The first-order valence-corrected chi connectivity index (χ1v) is 7.32. The third kappa shape index (κ3) is 5.80. The van der Waals surface area contributed by atoms with Gasteiger partial charge >= 0.3 is 5.97 Å². The van der Waals surface area contributed by atoms with E-state index in [0.29, 0.717) is 24.2 Å². The monoisotopic (exact) mass is 313 g/mol. The van der Waals surface area contributed by atoms with Crippen LogP contribution in [0.2, 0.25) is 0 Å². The van der Waals surface area contributed by atoms with E-state index >= 15 is 0 Å². The molecule has 0 N–H and O–H groups in total. The number of ether oxygens (including phenoxy) is 1. The Kier molecular flexibility index (Phi) is 7.29. The fourth-order valence-electron chi connectivity index (χ4n) is 1.98. The predicted molar refractivity (Wildman–Crippen MR) is 83.1 cm³/mol. The van der Waals surface area contributed by atoms with Gasteiger partial charge in [0.1, 0.15) is 0 Å². The average Bonchev–Trinajstić information content (AvgIpc) is 2.57. The van der Waals surface area contributed by atoms with Crippen molar-refractivity contribution >= 4 is 11.9 Å². The molecule has 1 aromatic rings. The zero-order valence-corrected chi connectivity index (χ0v) is 13.3. The molecule has 0 saturated heterocycles. The van der Waals surface area contributed by atoms with Crippen molar-refractivity contribution in [1.82, 2.24) is 4.90 Å². The third-order valence-electron chi connectivity index (χ3n) is 3.22. The Hall–Kier alpha value is -2.86. The van der Waals surface area contributed by atoms with E-state index in [2.05, 4.69) is 6.07 Å². The number of esters is 1. The molecule has 6 nitrogen and oxygen atoms in total. The lowest BCUT2D eigenvalue weighted by Crippen LogP contribution is -2.37. The summed E-state index contributed by atoms with van der Waals surface area (Å²) in [4.78, 5) is 25.5. The van der Waals surface area contributed by atoms with Gasteiger partial charge in [-0.1, -0.05) is 12.1 Å². The van der Waals surface area contributed by atoms with Crippen LogP contribution in [-0.2, 0) is 16.0 Å². The molecule has 23 heavy (non-hydrogen) atoms. The molecule has 0 aliphatic rings. The summed E-state index contributed by atoms with van der Waals surface area (Å²) >= 11 is 0. The molecule has 0 aromatic heterocycles. The third-order valence-corrected chi connectivity index (χ3v) is 3.22. The van der Waals surface area contributed by atoms with Crippen molar-refractivity contribution in [3.05, 3.63) is 35.4 Å². The van der Waals surface area contributed by atoms with Gasteiger partial charge in [0.05, 0.1) is 30.0 Å². The van der Waals surface area contributed by atoms with E-state index in [0.717, 1.165) is 0 Å². The summed E-state index contributed by atoms with van der Waals surface area (Å²) in [5.74, 6) is -1.23. The van der Waals surface area contributed by atoms with Crippen LogP contribution in [0.3, 0.4) is 0 Å². The molecule has 120 valence electrons. The Morgan fingerprint density at radius 2 is 2.09 bits per heavy atom. The molecule has 0 radical (unpaired) electrons. The molecule has 1 amide bonds. The maximum atomic E-state index is 12.0. The smallest absolute Gasteiger partial charge is 0.338 e. The van der Waals surface area contributed by atoms with Crippen molar-refractivity contribution in [1.29, 1.82) is 10.5 Å². The Labute approximate surface area is 135 Å². The number of nitriles is 2. The van der Waals surface area contributed by atoms with Crippen LogP contribution in [0.4, 0.5) is 0 Å². The van der Waals surface area contributed by atoms with Crippen molar-refractivity contribution in [3.63, 3.8) is 0 Å². The lowest BCUT2D eigenvalue weighted by Gasteiger charge is -2.21. The molecule has 0 bridgehead atoms. The first-order chi connectivity index (χ1) is 11.0. The van der Waals surface area contributed by atoms with Crippen molar-refractivity contribution in [2.45, 2.75) is 20.3 Å². The van der Waals surface area contributed by atoms with Crippen molar-refractivity contribution < 1.29 is 14.3 Å². The van der Waals surface area contributed by atoms with Gasteiger partial charge in [-0.2, -0.15) is 10.5 Å². The van der Waals surface area contributed by atoms with Crippen molar-refractivity contribution in [3.8, 4) is 12.1 Å². The average molecular weight is 313 g/mol. The number of hydrogen-bond donors (Lipinski definition) is 0. The number of carbonyl (C=O) groups is 2. The summed E-state index contributed by atoms with van der Waals surface area (Å²) in [6.45, 7) is 3.91. The van der Waals surface area contributed by atoms with Crippen LogP contribution < -0.4 is 0 Å². The Balaban J connectivity index is 2.61. The van der Waals surface area contributed by atoms with E-state index in [-0.39, 0.29) is 24.9 Å². The molecule has 1 rings (SSSR count). The van der Waals surface area contributed by atoms with Crippen molar-refractivity contribution in [2.24, 2.45) is 5.92 Å². The summed E-state index contributed by atoms with van der Waals surface area (Å²) < 4.78 is 5.03. The lowest BCUT2D eigenvalue weighted by molar-refractivity contribution is -0.134. The zero-order valence-electron chi connectivity index (χ0n) is 13.3. The Morgan fingerprint density at radius 1 is 1.35 bits per heavy atom. The van der Waals surface area contributed by atoms with Gasteiger partial charge < -0.3 is 9.64 Å². The van der Waals surface area contributed by atoms with Crippen LogP contribution in [0.1, 0.15) is 29.8 Å². The van der Waals surface area contributed by atoms with Crippen LogP contribution in [-0.4, -0.2) is 36.5 Å². The topological polar surface area (TPSA) is 94.2 Å². The molecule has 1 atom stereocenters. The Morgan fingerprint density at radius 3 is 2.70 bits per heavy atom. The van der Waals surface area contributed by atoms with E-state index in [1.54, 1.807) is 38.1 Å². The number of benzene rings is 1. The van der Waals surface area contributed by atoms with Crippen LogP contribution in [0.15, 0.2) is 24.3 Å². The highest BCUT2D eigenvalue weighted by Crippen LogP contribution is 2.08. The molecular weight excluding hydrogens is 294 g/mol. The fraction of sp³-hybridized carbons (Fsp3) is 0.412. The highest BCUT2D eigenvalue weighted by molar-refractivity contribution is 5.91. The number of carbonyl (C=O) groups excluding carboxylic acids is 2. The largest absolute Gasteiger partial charge is 0.452 e. The van der Waals surface area contributed by atoms with Gasteiger partial charge in [-0.05, 0) is 31.5 Å². The SMILES string of the molecule is CCN(C[C@H](C)C#N)C(=O)COC(=O)c1cccc(CC#N)c1. The summed E-state index contributed by atoms with van der Waals surface area (Å²) in [7, 11) is 0. The fourth-order valence-corrected chi connectivity index (χ4v) is 1.98. The highest BCUT2D eigenvalue weighted by atomic mass is 16.5. The van der Waals surface area contributed by atoms with Crippen LogP contribution in [0.25, 0.3) is 0 Å². The van der Waals surface area contributed by atoms with Crippen LogP contribution in [0.5, 0.6) is 0 Å². The number of hydrogen-bond acceptors (Lipinski definition) is 5. The van der Waals surface area contributed by atoms with E-state index in [9.17, 15) is 9.59 Å². The van der Waals surface area contributed by atoms with E-state index in [1.807, 2.05) is 6.07 Å². The lowest BCUT2D eigenvalue weighted by atomic mass is 10.1. The summed E-state index contributed by atoms with van der Waals surface area (Å²) in [6.07, 6.45) is 0.204. The summed E-state index contributed by atoms with van der Waals surface area (Å²) in [5.41, 5.74) is 1.02. The van der Waals surface area contributed by atoms with Crippen LogP contribution >= 0.6 is 0 Å². The van der Waals surface area contributed by atoms with Gasteiger partial charge in [-0.15, -0.1) is 0 Å². The first-order valence-electron chi connectivity index (χ1n) is 7.32. The second-order valence-electron chi connectivity index (χ2n) is 5.07. The number of nitrogens with zero attached hydrogens (tertiary/aromatic N) is 3.